The van der Waals surface area contributed by atoms with Crippen molar-refractivity contribution in [1.29, 1.82) is 0 Å². The molecule has 2 heterocycles. The quantitative estimate of drug-likeness (QED) is 0.505. The number of hydrogen-bond donors (Lipinski definition) is 1. The molecule has 1 N–H and O–H groups in total. The molecule has 0 amide bonds. The van der Waals surface area contributed by atoms with E-state index in [1.54, 1.807) is 0 Å². The SMILES string of the molecule is CC1(C)OC(=O)C(=CNc2ccc3c(c2)ncn3C2CCCCC2)C(=O)O1. The van der Waals surface area contributed by atoms with E-state index in [0.717, 1.165) is 16.7 Å². The standard InChI is InChI=1S/C20H23N3O4/c1-20(2)26-18(24)15(19(25)27-20)11-21-13-8-9-17-16(10-13)22-12-23(17)14-6-4-3-5-7-14/h8-12,14,21H,3-7H2,1-2H3. The zero-order chi connectivity index (χ0) is 19.0. The van der Waals surface area contributed by atoms with Crippen LogP contribution in [0.3, 0.4) is 0 Å². The summed E-state index contributed by atoms with van der Waals surface area (Å²) >= 11 is 0. The van der Waals surface area contributed by atoms with E-state index < -0.39 is 17.7 Å². The molecular formula is C20H23N3O4. The summed E-state index contributed by atoms with van der Waals surface area (Å²) in [5.74, 6) is -2.64. The number of cyclic esters (lactones) is 2. The van der Waals surface area contributed by atoms with Crippen LogP contribution < -0.4 is 5.32 Å². The van der Waals surface area contributed by atoms with Crippen molar-refractivity contribution < 1.29 is 19.1 Å². The molecule has 4 rings (SSSR count). The van der Waals surface area contributed by atoms with Gasteiger partial charge in [-0.2, -0.15) is 0 Å². The summed E-state index contributed by atoms with van der Waals surface area (Å²) in [5, 5.41) is 2.97. The van der Waals surface area contributed by atoms with Crippen molar-refractivity contribution in [3.63, 3.8) is 0 Å². The molecule has 1 aromatic carbocycles. The first kappa shape index (κ1) is 17.6. The lowest BCUT2D eigenvalue weighted by Crippen LogP contribution is -2.42. The molecule has 0 atom stereocenters. The van der Waals surface area contributed by atoms with Crippen LogP contribution in [0.15, 0.2) is 36.3 Å². The Hall–Kier alpha value is -2.83. The predicted octanol–water partition coefficient (Wildman–Crippen LogP) is 3.67. The van der Waals surface area contributed by atoms with Gasteiger partial charge in [0.2, 0.25) is 0 Å². The Bertz CT molecular complexity index is 900. The van der Waals surface area contributed by atoms with Gasteiger partial charge in [-0.15, -0.1) is 0 Å². The monoisotopic (exact) mass is 369 g/mol. The van der Waals surface area contributed by atoms with Gasteiger partial charge < -0.3 is 19.4 Å². The number of imidazole rings is 1. The summed E-state index contributed by atoms with van der Waals surface area (Å²) in [6.45, 7) is 3.03. The number of carbonyl (C=O) groups excluding carboxylic acids is 2. The summed E-state index contributed by atoms with van der Waals surface area (Å²) in [5.41, 5.74) is 2.54. The van der Waals surface area contributed by atoms with Crippen LogP contribution >= 0.6 is 0 Å². The molecule has 2 aliphatic rings. The van der Waals surface area contributed by atoms with E-state index in [0.29, 0.717) is 6.04 Å². The minimum Gasteiger partial charge on any atom is -0.419 e. The average molecular weight is 369 g/mol. The molecule has 2 aromatic rings. The Morgan fingerprint density at radius 3 is 2.56 bits per heavy atom. The number of carbonyl (C=O) groups is 2. The van der Waals surface area contributed by atoms with Crippen molar-refractivity contribution >= 4 is 28.7 Å². The van der Waals surface area contributed by atoms with E-state index in [1.165, 1.54) is 52.2 Å². The minimum atomic E-state index is -1.24. The Balaban J connectivity index is 1.53. The largest absolute Gasteiger partial charge is 0.419 e. The highest BCUT2D eigenvalue weighted by Gasteiger charge is 2.38. The first-order valence-electron chi connectivity index (χ1n) is 9.33. The smallest absolute Gasteiger partial charge is 0.350 e. The zero-order valence-electron chi connectivity index (χ0n) is 15.5. The normalized spacial score (nSPS) is 20.3. The van der Waals surface area contributed by atoms with E-state index in [2.05, 4.69) is 14.9 Å². The highest BCUT2D eigenvalue weighted by atomic mass is 16.7. The zero-order valence-corrected chi connectivity index (χ0v) is 15.5. The summed E-state index contributed by atoms with van der Waals surface area (Å²) in [6.07, 6.45) is 9.45. The van der Waals surface area contributed by atoms with Crippen molar-refractivity contribution in [2.75, 3.05) is 5.32 Å². The number of hydrogen-bond acceptors (Lipinski definition) is 6. The molecule has 1 saturated carbocycles. The molecule has 2 fully saturated rings. The van der Waals surface area contributed by atoms with Crippen LogP contribution in [0, 0.1) is 0 Å². The molecule has 0 spiro atoms. The van der Waals surface area contributed by atoms with E-state index in [9.17, 15) is 9.59 Å². The number of nitrogens with zero attached hydrogens (tertiary/aromatic N) is 2. The second kappa shape index (κ2) is 6.72. The van der Waals surface area contributed by atoms with Gasteiger partial charge in [0.1, 0.15) is 0 Å². The van der Waals surface area contributed by atoms with E-state index in [-0.39, 0.29) is 5.57 Å². The van der Waals surface area contributed by atoms with Crippen LogP contribution in [-0.4, -0.2) is 27.3 Å². The number of anilines is 1. The molecule has 142 valence electrons. The van der Waals surface area contributed by atoms with Gasteiger partial charge in [-0.3, -0.25) is 0 Å². The molecule has 7 nitrogen and oxygen atoms in total. The number of nitrogens with one attached hydrogen (secondary N) is 1. The number of fused-ring (bicyclic) bond motifs is 1. The summed E-state index contributed by atoms with van der Waals surface area (Å²) in [4.78, 5) is 28.5. The van der Waals surface area contributed by atoms with Gasteiger partial charge in [-0.1, -0.05) is 19.3 Å². The second-order valence-electron chi connectivity index (χ2n) is 7.53. The van der Waals surface area contributed by atoms with Crippen molar-refractivity contribution in [1.82, 2.24) is 9.55 Å². The number of ether oxygens (including phenoxy) is 2. The lowest BCUT2D eigenvalue weighted by atomic mass is 9.95. The lowest BCUT2D eigenvalue weighted by Gasteiger charge is -2.29. The third kappa shape index (κ3) is 3.54. The molecule has 1 saturated heterocycles. The minimum absolute atomic E-state index is 0.165. The number of esters is 2. The van der Waals surface area contributed by atoms with Crippen molar-refractivity contribution in [3.8, 4) is 0 Å². The summed E-state index contributed by atoms with van der Waals surface area (Å²) < 4.78 is 12.4. The van der Waals surface area contributed by atoms with Crippen LogP contribution in [0.2, 0.25) is 0 Å². The van der Waals surface area contributed by atoms with E-state index >= 15 is 0 Å². The first-order chi connectivity index (χ1) is 12.9. The van der Waals surface area contributed by atoms with Crippen LogP contribution in [0.25, 0.3) is 11.0 Å². The fraction of sp³-hybridized carbons (Fsp3) is 0.450. The highest BCUT2D eigenvalue weighted by molar-refractivity contribution is 6.15. The van der Waals surface area contributed by atoms with Crippen LogP contribution in [0.1, 0.15) is 52.0 Å². The van der Waals surface area contributed by atoms with Gasteiger partial charge in [-0.25, -0.2) is 14.6 Å². The topological polar surface area (TPSA) is 82.5 Å². The molecule has 0 radical (unpaired) electrons. The number of aromatic nitrogens is 2. The van der Waals surface area contributed by atoms with Crippen molar-refractivity contribution in [3.05, 3.63) is 36.3 Å². The molecule has 1 aliphatic heterocycles. The lowest BCUT2D eigenvalue weighted by molar-refractivity contribution is -0.222. The molecule has 0 unspecified atom stereocenters. The fourth-order valence-electron chi connectivity index (χ4n) is 3.71. The fourth-order valence-corrected chi connectivity index (χ4v) is 3.71. The van der Waals surface area contributed by atoms with Crippen LogP contribution in [0.4, 0.5) is 5.69 Å². The number of rotatable bonds is 3. The maximum atomic E-state index is 12.0. The molecular weight excluding hydrogens is 346 g/mol. The van der Waals surface area contributed by atoms with Gasteiger partial charge in [-0.05, 0) is 31.0 Å². The van der Waals surface area contributed by atoms with Gasteiger partial charge >= 0.3 is 11.9 Å². The Labute approximate surface area is 157 Å². The van der Waals surface area contributed by atoms with E-state index in [1.807, 2.05) is 24.5 Å². The summed E-state index contributed by atoms with van der Waals surface area (Å²) in [6, 6.07) is 6.33. The van der Waals surface area contributed by atoms with Gasteiger partial charge in [0.25, 0.3) is 5.79 Å². The average Bonchev–Trinajstić information content (AvgIpc) is 3.04. The molecule has 0 bridgehead atoms. The third-order valence-corrected chi connectivity index (χ3v) is 5.04. The Morgan fingerprint density at radius 1 is 1.15 bits per heavy atom. The Kier molecular flexibility index (Phi) is 4.37. The number of benzene rings is 1. The van der Waals surface area contributed by atoms with Gasteiger partial charge in [0.05, 0.1) is 17.4 Å². The second-order valence-corrected chi connectivity index (χ2v) is 7.53. The Morgan fingerprint density at radius 2 is 1.85 bits per heavy atom. The molecule has 27 heavy (non-hydrogen) atoms. The highest BCUT2D eigenvalue weighted by Crippen LogP contribution is 2.31. The first-order valence-corrected chi connectivity index (χ1v) is 9.33. The molecule has 1 aromatic heterocycles. The predicted molar refractivity (Wildman–Crippen MR) is 99.8 cm³/mol. The van der Waals surface area contributed by atoms with Gasteiger partial charge in [0, 0.05) is 31.8 Å². The molecule has 7 heteroatoms. The van der Waals surface area contributed by atoms with Crippen LogP contribution in [-0.2, 0) is 19.1 Å². The third-order valence-electron chi connectivity index (χ3n) is 5.04. The van der Waals surface area contributed by atoms with E-state index in [4.69, 9.17) is 9.47 Å². The van der Waals surface area contributed by atoms with Crippen LogP contribution in [0.5, 0.6) is 0 Å². The van der Waals surface area contributed by atoms with Crippen molar-refractivity contribution in [2.24, 2.45) is 0 Å². The molecule has 1 aliphatic carbocycles. The maximum absolute atomic E-state index is 12.0. The van der Waals surface area contributed by atoms with Gasteiger partial charge in [0.15, 0.2) is 5.57 Å². The maximum Gasteiger partial charge on any atom is 0.350 e. The summed E-state index contributed by atoms with van der Waals surface area (Å²) in [7, 11) is 0. The van der Waals surface area contributed by atoms with Crippen molar-refractivity contribution in [2.45, 2.75) is 57.8 Å².